The van der Waals surface area contributed by atoms with E-state index in [1.807, 2.05) is 47.0 Å². The molecule has 2 aromatic heterocycles. The van der Waals surface area contributed by atoms with E-state index in [2.05, 4.69) is 4.98 Å². The highest BCUT2D eigenvalue weighted by atomic mass is 19.4. The number of aliphatic carboxylic acids is 1. The number of hydrogen-bond acceptors (Lipinski definition) is 5. The van der Waals surface area contributed by atoms with Gasteiger partial charge in [-0.05, 0) is 37.1 Å². The van der Waals surface area contributed by atoms with Crippen LogP contribution in [-0.2, 0) is 16.6 Å². The van der Waals surface area contributed by atoms with Crippen molar-refractivity contribution in [3.05, 3.63) is 48.5 Å². The Kier molecular flexibility index (Phi) is 6.84. The van der Waals surface area contributed by atoms with Crippen molar-refractivity contribution in [3.63, 3.8) is 0 Å². The van der Waals surface area contributed by atoms with Crippen molar-refractivity contribution < 1.29 is 37.3 Å². The van der Waals surface area contributed by atoms with Gasteiger partial charge in [-0.2, -0.15) is 13.2 Å². The fraction of sp³-hybridized carbons (Fsp3) is 0.450. The number of carbonyl (C=O) groups is 2. The molecule has 0 spiro atoms. The van der Waals surface area contributed by atoms with Crippen molar-refractivity contribution in [1.29, 1.82) is 0 Å². The maximum Gasteiger partial charge on any atom is 0.490 e. The highest BCUT2D eigenvalue weighted by molar-refractivity contribution is 5.93. The van der Waals surface area contributed by atoms with Crippen LogP contribution in [0.4, 0.5) is 13.2 Å². The third-order valence-corrected chi connectivity index (χ3v) is 5.12. The molecule has 1 aliphatic carbocycles. The van der Waals surface area contributed by atoms with Gasteiger partial charge in [0.2, 0.25) is 0 Å². The Balaban J connectivity index is 0.000000339. The molecule has 1 saturated heterocycles. The van der Waals surface area contributed by atoms with Crippen LogP contribution in [0.2, 0.25) is 0 Å². The molecule has 3 heterocycles. The molecule has 1 N–H and O–H groups in total. The lowest BCUT2D eigenvalue weighted by Crippen LogP contribution is -2.54. The number of nitrogens with zero attached hydrogens (tertiary/aromatic N) is 3. The van der Waals surface area contributed by atoms with Crippen molar-refractivity contribution in [1.82, 2.24) is 14.5 Å². The van der Waals surface area contributed by atoms with Gasteiger partial charge in [-0.3, -0.25) is 9.78 Å². The minimum atomic E-state index is -5.08. The van der Waals surface area contributed by atoms with Crippen LogP contribution in [-0.4, -0.2) is 69.0 Å². The number of morpholine rings is 1. The van der Waals surface area contributed by atoms with Gasteiger partial charge in [0.1, 0.15) is 23.7 Å². The molecule has 0 aromatic carbocycles. The number of ether oxygens (including phenoxy) is 2. The van der Waals surface area contributed by atoms with Crippen LogP contribution in [0.3, 0.4) is 0 Å². The van der Waals surface area contributed by atoms with E-state index >= 15 is 0 Å². The number of aryl methyl sites for hydroxylation is 1. The Morgan fingerprint density at radius 1 is 1.26 bits per heavy atom. The first-order valence-corrected chi connectivity index (χ1v) is 9.59. The molecule has 11 heteroatoms. The van der Waals surface area contributed by atoms with Gasteiger partial charge in [0.25, 0.3) is 5.91 Å². The van der Waals surface area contributed by atoms with Gasteiger partial charge < -0.3 is 24.0 Å². The second kappa shape index (κ2) is 9.38. The third-order valence-electron chi connectivity index (χ3n) is 5.12. The lowest BCUT2D eigenvalue weighted by molar-refractivity contribution is -0.192. The summed E-state index contributed by atoms with van der Waals surface area (Å²) in [5.74, 6) is -1.94. The first kappa shape index (κ1) is 22.6. The lowest BCUT2D eigenvalue weighted by Gasteiger charge is -2.39. The number of carbonyl (C=O) groups excluding carboxylic acids is 1. The lowest BCUT2D eigenvalue weighted by atomic mass is 10.1. The summed E-state index contributed by atoms with van der Waals surface area (Å²) in [6, 6.07) is 7.59. The summed E-state index contributed by atoms with van der Waals surface area (Å²) in [5.41, 5.74) is 0.715. The minimum absolute atomic E-state index is 0.0387. The molecule has 8 nitrogen and oxygen atoms in total. The van der Waals surface area contributed by atoms with Gasteiger partial charge in [0.15, 0.2) is 0 Å². The van der Waals surface area contributed by atoms with Crippen LogP contribution in [0.5, 0.6) is 5.75 Å². The fourth-order valence-electron chi connectivity index (χ4n) is 3.72. The fourth-order valence-corrected chi connectivity index (χ4v) is 3.72. The number of carboxylic acid groups (broad SMARTS) is 1. The van der Waals surface area contributed by atoms with Gasteiger partial charge in [-0.1, -0.05) is 0 Å². The molecular weight excluding hydrogens is 419 g/mol. The first-order valence-electron chi connectivity index (χ1n) is 9.59. The molecule has 31 heavy (non-hydrogen) atoms. The number of alkyl halides is 3. The third kappa shape index (κ3) is 5.35. The number of fused-ring (bicyclic) bond motifs is 1. The van der Waals surface area contributed by atoms with E-state index in [1.165, 1.54) is 0 Å². The van der Waals surface area contributed by atoms with Crippen molar-refractivity contribution in [3.8, 4) is 5.75 Å². The summed E-state index contributed by atoms with van der Waals surface area (Å²) in [6.45, 7) is 1.18. The Labute approximate surface area is 176 Å². The van der Waals surface area contributed by atoms with E-state index < -0.39 is 12.1 Å². The summed E-state index contributed by atoms with van der Waals surface area (Å²) >= 11 is 0. The Morgan fingerprint density at radius 2 is 2.00 bits per heavy atom. The molecule has 0 bridgehead atoms. The van der Waals surface area contributed by atoms with E-state index in [0.29, 0.717) is 18.8 Å². The van der Waals surface area contributed by atoms with Gasteiger partial charge in [0, 0.05) is 26.0 Å². The van der Waals surface area contributed by atoms with Crippen LogP contribution in [0, 0.1) is 0 Å². The van der Waals surface area contributed by atoms with Crippen LogP contribution in [0.15, 0.2) is 42.9 Å². The van der Waals surface area contributed by atoms with Crippen LogP contribution >= 0.6 is 0 Å². The van der Waals surface area contributed by atoms with E-state index in [1.54, 1.807) is 12.4 Å². The smallest absolute Gasteiger partial charge is 0.486 e. The topological polar surface area (TPSA) is 93.9 Å². The predicted octanol–water partition coefficient (Wildman–Crippen LogP) is 2.50. The summed E-state index contributed by atoms with van der Waals surface area (Å²) in [4.78, 5) is 27.8. The number of aromatic nitrogens is 2. The normalized spacial score (nSPS) is 22.8. The van der Waals surface area contributed by atoms with Crippen molar-refractivity contribution >= 4 is 11.9 Å². The number of hydrogen-bond donors (Lipinski definition) is 1. The quantitative estimate of drug-likeness (QED) is 0.787. The second-order valence-electron chi connectivity index (χ2n) is 7.13. The molecule has 2 aromatic rings. The van der Waals surface area contributed by atoms with E-state index in [9.17, 15) is 18.0 Å². The monoisotopic (exact) mass is 441 g/mol. The van der Waals surface area contributed by atoms with Gasteiger partial charge in [-0.15, -0.1) is 0 Å². The maximum atomic E-state index is 12.9. The predicted molar refractivity (Wildman–Crippen MR) is 102 cm³/mol. The SMILES string of the molecule is Cn1cccc1C(=O)N1CCO[C@H]2[C@H](Oc3cccnc3)CC[C@@H]21.O=C(O)C(F)(F)F. The van der Waals surface area contributed by atoms with Crippen molar-refractivity contribution in [2.24, 2.45) is 7.05 Å². The van der Waals surface area contributed by atoms with Crippen molar-refractivity contribution in [2.45, 2.75) is 37.3 Å². The second-order valence-corrected chi connectivity index (χ2v) is 7.13. The number of carboxylic acids is 1. The Bertz CT molecular complexity index is 903. The first-order chi connectivity index (χ1) is 14.7. The van der Waals surface area contributed by atoms with E-state index in [-0.39, 0.29) is 24.2 Å². The zero-order chi connectivity index (χ0) is 22.6. The van der Waals surface area contributed by atoms with Crippen LogP contribution < -0.4 is 4.74 Å². The summed E-state index contributed by atoms with van der Waals surface area (Å²) in [6.07, 6.45) is 1.90. The van der Waals surface area contributed by atoms with Gasteiger partial charge >= 0.3 is 12.1 Å². The molecule has 1 aliphatic heterocycles. The summed E-state index contributed by atoms with van der Waals surface area (Å²) < 4.78 is 45.6. The zero-order valence-electron chi connectivity index (χ0n) is 16.7. The largest absolute Gasteiger partial charge is 0.490 e. The number of pyridine rings is 1. The van der Waals surface area contributed by atoms with E-state index in [4.69, 9.17) is 19.4 Å². The molecule has 3 atom stereocenters. The molecule has 2 aliphatic rings. The molecular formula is C20H22F3N3O5. The average molecular weight is 441 g/mol. The zero-order valence-corrected chi connectivity index (χ0v) is 16.7. The summed E-state index contributed by atoms with van der Waals surface area (Å²) in [5, 5.41) is 7.12. The molecule has 4 rings (SSSR count). The number of rotatable bonds is 3. The van der Waals surface area contributed by atoms with Crippen LogP contribution in [0.1, 0.15) is 23.3 Å². The maximum absolute atomic E-state index is 12.9. The standard InChI is InChI=1S/C18H21N3O3.C2HF3O2/c1-20-9-3-5-15(20)18(22)21-10-11-23-17-14(21)6-7-16(17)24-13-4-2-8-19-12-13;3-2(4,5)1(6)7/h2-5,8-9,12,14,16-17H,6-7,10-11H2,1H3;(H,6,7)/t14-,16+,17+;/m0./s1. The van der Waals surface area contributed by atoms with Crippen molar-refractivity contribution in [2.75, 3.05) is 13.2 Å². The summed E-state index contributed by atoms with van der Waals surface area (Å²) in [7, 11) is 1.90. The Hall–Kier alpha value is -3.08. The molecule has 2 fully saturated rings. The Morgan fingerprint density at radius 3 is 2.58 bits per heavy atom. The molecule has 0 radical (unpaired) electrons. The molecule has 1 saturated carbocycles. The average Bonchev–Trinajstić information content (AvgIpc) is 3.34. The van der Waals surface area contributed by atoms with Crippen LogP contribution in [0.25, 0.3) is 0 Å². The number of halogens is 3. The molecule has 0 unspecified atom stereocenters. The van der Waals surface area contributed by atoms with Gasteiger partial charge in [0.05, 0.1) is 18.8 Å². The molecule has 168 valence electrons. The van der Waals surface area contributed by atoms with Gasteiger partial charge in [-0.25, -0.2) is 4.79 Å². The highest BCUT2D eigenvalue weighted by Crippen LogP contribution is 2.33. The molecule has 1 amide bonds. The van der Waals surface area contributed by atoms with E-state index in [0.717, 1.165) is 18.6 Å². The highest BCUT2D eigenvalue weighted by Gasteiger charge is 2.46. The number of amides is 1. The minimum Gasteiger partial charge on any atom is -0.486 e.